The molecule has 1 aliphatic carbocycles. The topological polar surface area (TPSA) is 90.7 Å². The maximum atomic E-state index is 14.5. The van der Waals surface area contributed by atoms with Crippen molar-refractivity contribution in [3.8, 4) is 0 Å². The van der Waals surface area contributed by atoms with Crippen molar-refractivity contribution in [2.75, 3.05) is 6.61 Å². The monoisotopic (exact) mass is 686 g/mol. The average Bonchev–Trinajstić information content (AvgIpc) is 2.79. The highest BCUT2D eigenvalue weighted by molar-refractivity contribution is 5.67. The van der Waals surface area contributed by atoms with E-state index in [9.17, 15) is 79.8 Å². The molecule has 0 heterocycles. The van der Waals surface area contributed by atoms with Gasteiger partial charge in [-0.2, -0.15) is 52.7 Å². The molecule has 0 aromatic rings. The highest BCUT2D eigenvalue weighted by atomic mass is 19.4. The minimum absolute atomic E-state index is 0.285. The van der Waals surface area contributed by atoms with Gasteiger partial charge in [-0.3, -0.25) is 0 Å². The third-order valence-electron chi connectivity index (χ3n) is 6.88. The molecule has 0 aromatic carbocycles. The van der Waals surface area contributed by atoms with E-state index < -0.39 is 109 Å². The molecule has 44 heavy (non-hydrogen) atoms. The average molecular weight is 686 g/mol. The third-order valence-corrected chi connectivity index (χ3v) is 6.88. The summed E-state index contributed by atoms with van der Waals surface area (Å²) in [4.78, 5) is 23.5. The molecule has 0 aromatic heterocycles. The number of nitrogens with one attached hydrogen (secondary N) is 1. The van der Waals surface area contributed by atoms with Crippen LogP contribution in [0.4, 0.5) is 79.8 Å². The first-order valence-corrected chi connectivity index (χ1v) is 12.0. The van der Waals surface area contributed by atoms with Gasteiger partial charge >= 0.3 is 60.6 Å². The Morgan fingerprint density at radius 3 is 1.64 bits per heavy atom. The number of hydrogen-bond acceptors (Lipinski definition) is 4. The molecule has 0 spiro atoms. The van der Waals surface area contributed by atoms with Gasteiger partial charge in [-0.15, -0.1) is 0 Å². The summed E-state index contributed by atoms with van der Waals surface area (Å²) in [5.41, 5.74) is 1.47. The van der Waals surface area contributed by atoms with Crippen LogP contribution in [0.5, 0.6) is 0 Å². The number of carbonyl (C=O) groups is 2. The van der Waals surface area contributed by atoms with Crippen LogP contribution in [0.1, 0.15) is 46.5 Å². The van der Waals surface area contributed by atoms with Crippen LogP contribution in [0.3, 0.4) is 0 Å². The number of amides is 2. The summed E-state index contributed by atoms with van der Waals surface area (Å²) in [6.07, 6.45) is -21.1. The van der Waals surface area contributed by atoms with Gasteiger partial charge in [0.05, 0.1) is 6.42 Å². The summed E-state index contributed by atoms with van der Waals surface area (Å²) < 4.78 is 222. The highest BCUT2D eigenvalue weighted by Crippen LogP contribution is 2.55. The van der Waals surface area contributed by atoms with Crippen LogP contribution < -0.4 is 11.1 Å². The van der Waals surface area contributed by atoms with Gasteiger partial charge in [-0.25, -0.2) is 27.2 Å². The quantitative estimate of drug-likeness (QED) is 0.197. The predicted octanol–water partition coefficient (Wildman–Crippen LogP) is 7.49. The maximum absolute atomic E-state index is 14.5. The zero-order chi connectivity index (χ0) is 35.1. The number of halogens is 16. The van der Waals surface area contributed by atoms with Crippen molar-refractivity contribution in [3.05, 3.63) is 0 Å². The lowest BCUT2D eigenvalue weighted by Gasteiger charge is -2.50. The van der Waals surface area contributed by atoms with E-state index in [0.717, 1.165) is 6.92 Å². The Kier molecular flexibility index (Phi) is 11.0. The summed E-state index contributed by atoms with van der Waals surface area (Å²) in [5.74, 6) is -38.7. The first kappa shape index (κ1) is 39.4. The van der Waals surface area contributed by atoms with E-state index in [-0.39, 0.29) is 6.42 Å². The standard InChI is InChI=1S/C22H26F16N2O4/c1-15(2)4-9(40-14(42)43-8-18(29,30)22(37,38)20(33,34)12(25)26)5-16(3,7-15)10(44-13(39)41)6-17(27,28)21(35,36)19(31,32)11(23)24/h9-12H,4-8H2,1-3H3,(H2,39,41)(H,40,42). The summed E-state index contributed by atoms with van der Waals surface area (Å²) in [5, 5.41) is 1.75. The van der Waals surface area contributed by atoms with Crippen molar-refractivity contribution >= 4 is 12.2 Å². The molecule has 1 fully saturated rings. The van der Waals surface area contributed by atoms with Gasteiger partial charge in [0, 0.05) is 11.5 Å². The van der Waals surface area contributed by atoms with Gasteiger partial charge in [0.1, 0.15) is 6.10 Å². The Balaban J connectivity index is 3.27. The second-order valence-electron chi connectivity index (χ2n) is 11.4. The third kappa shape index (κ3) is 7.79. The minimum atomic E-state index is -6.73. The molecular weight excluding hydrogens is 660 g/mol. The summed E-state index contributed by atoms with van der Waals surface area (Å²) in [6, 6.07) is -1.51. The second kappa shape index (κ2) is 12.3. The smallest absolute Gasteiger partial charge is 0.407 e. The highest BCUT2D eigenvalue weighted by Gasteiger charge is 2.77. The van der Waals surface area contributed by atoms with Gasteiger partial charge in [-0.1, -0.05) is 20.8 Å². The van der Waals surface area contributed by atoms with Crippen LogP contribution in [0.2, 0.25) is 0 Å². The van der Waals surface area contributed by atoms with Gasteiger partial charge in [-0.05, 0) is 24.7 Å². The van der Waals surface area contributed by atoms with Crippen molar-refractivity contribution in [1.29, 1.82) is 0 Å². The molecule has 0 aliphatic heterocycles. The zero-order valence-corrected chi connectivity index (χ0v) is 22.6. The van der Waals surface area contributed by atoms with Gasteiger partial charge in [0.2, 0.25) is 0 Å². The van der Waals surface area contributed by atoms with Crippen LogP contribution in [0, 0.1) is 10.8 Å². The fraction of sp³-hybridized carbons (Fsp3) is 0.909. The molecule has 1 saturated carbocycles. The Morgan fingerprint density at radius 2 is 1.23 bits per heavy atom. The van der Waals surface area contributed by atoms with Crippen molar-refractivity contribution in [3.63, 3.8) is 0 Å². The number of nitrogens with two attached hydrogens (primary N) is 1. The number of hydrogen-bond donors (Lipinski definition) is 2. The van der Waals surface area contributed by atoms with Gasteiger partial charge in [0.25, 0.3) is 0 Å². The minimum Gasteiger partial charge on any atom is -0.446 e. The molecule has 3 N–H and O–H groups in total. The molecule has 3 unspecified atom stereocenters. The van der Waals surface area contributed by atoms with E-state index in [2.05, 4.69) is 9.47 Å². The molecule has 6 nitrogen and oxygen atoms in total. The van der Waals surface area contributed by atoms with Crippen molar-refractivity contribution in [2.24, 2.45) is 16.6 Å². The number of carbonyl (C=O) groups excluding carboxylic acids is 2. The van der Waals surface area contributed by atoms with Gasteiger partial charge in [0.15, 0.2) is 6.61 Å². The summed E-state index contributed by atoms with van der Waals surface area (Å²) in [6.45, 7) is 0.659. The fourth-order valence-corrected chi connectivity index (χ4v) is 5.04. The molecule has 1 aliphatic rings. The Bertz CT molecular complexity index is 1040. The molecule has 22 heteroatoms. The van der Waals surface area contributed by atoms with E-state index in [1.54, 1.807) is 5.32 Å². The van der Waals surface area contributed by atoms with E-state index in [0.29, 0.717) is 0 Å². The number of rotatable bonds is 13. The van der Waals surface area contributed by atoms with E-state index in [4.69, 9.17) is 5.73 Å². The zero-order valence-electron chi connectivity index (χ0n) is 22.6. The lowest BCUT2D eigenvalue weighted by atomic mass is 9.59. The molecule has 0 saturated heterocycles. The fourth-order valence-electron chi connectivity index (χ4n) is 5.04. The Labute approximate surface area is 237 Å². The normalized spacial score (nSPS) is 23.0. The Morgan fingerprint density at radius 1 is 0.795 bits per heavy atom. The van der Waals surface area contributed by atoms with Crippen LogP contribution in [-0.4, -0.2) is 79.3 Å². The largest absolute Gasteiger partial charge is 0.446 e. The van der Waals surface area contributed by atoms with E-state index in [1.165, 1.54) is 13.8 Å². The first-order chi connectivity index (χ1) is 19.3. The van der Waals surface area contributed by atoms with Gasteiger partial charge < -0.3 is 20.5 Å². The van der Waals surface area contributed by atoms with E-state index in [1.807, 2.05) is 0 Å². The predicted molar refractivity (Wildman–Crippen MR) is 115 cm³/mol. The number of ether oxygens (including phenoxy) is 2. The van der Waals surface area contributed by atoms with E-state index >= 15 is 0 Å². The van der Waals surface area contributed by atoms with Crippen molar-refractivity contribution < 1.29 is 89.3 Å². The molecule has 3 atom stereocenters. The molecule has 2 amide bonds. The molecular formula is C22H26F16N2O4. The molecule has 0 radical (unpaired) electrons. The lowest BCUT2D eigenvalue weighted by Crippen LogP contribution is -2.60. The second-order valence-corrected chi connectivity index (χ2v) is 11.4. The molecule has 1 rings (SSSR count). The van der Waals surface area contributed by atoms with Crippen LogP contribution in [-0.2, 0) is 9.47 Å². The van der Waals surface area contributed by atoms with Crippen molar-refractivity contribution in [2.45, 2.75) is 107 Å². The number of alkyl halides is 16. The first-order valence-electron chi connectivity index (χ1n) is 12.0. The summed E-state index contributed by atoms with van der Waals surface area (Å²) in [7, 11) is 0. The SMILES string of the molecule is CC1(C)CC(NC(=O)OCC(F)(F)C(F)(F)C(F)(F)C(F)F)CC(C)(C(CC(F)(F)C(F)(F)C(F)(F)C(F)F)OC(N)=O)C1. The molecule has 260 valence electrons. The lowest BCUT2D eigenvalue weighted by molar-refractivity contribution is -0.344. The van der Waals surface area contributed by atoms with Crippen LogP contribution in [0.15, 0.2) is 0 Å². The number of primary amides is 1. The van der Waals surface area contributed by atoms with Crippen molar-refractivity contribution in [1.82, 2.24) is 5.32 Å². The van der Waals surface area contributed by atoms with Crippen LogP contribution in [0.25, 0.3) is 0 Å². The number of alkyl carbamates (subject to hydrolysis) is 1. The molecule has 0 bridgehead atoms. The summed E-state index contributed by atoms with van der Waals surface area (Å²) >= 11 is 0. The van der Waals surface area contributed by atoms with Crippen LogP contribution >= 0.6 is 0 Å². The maximum Gasteiger partial charge on any atom is 0.407 e. The Hall–Kier alpha value is -2.58.